The molecule has 0 N–H and O–H groups in total. The van der Waals surface area contributed by atoms with Gasteiger partial charge in [0.2, 0.25) is 5.95 Å². The Morgan fingerprint density at radius 2 is 0.672 bits per heavy atom. The standard InChI is InChI=1S/C61H44N6/c1-37-15-27-53-49(31-37)50-32-38(2)16-28-54(50)65(53)45-22-19-41(20-23-45)44-21-25-47-48-26-24-46(66-55-29-17-39(3)33-51(55)52-34-40(4)18-30-56(52)66)36-58(48)67(57(47)35-44)61-63-59(42-11-7-5-8-12-42)62-60(64-61)43-13-9-6-10-14-43/h5-36H,1-4H3. The van der Waals surface area contributed by atoms with E-state index in [1.54, 1.807) is 0 Å². The minimum atomic E-state index is 0.558. The normalized spacial score (nSPS) is 11.9. The summed E-state index contributed by atoms with van der Waals surface area (Å²) in [6, 6.07) is 70.1. The van der Waals surface area contributed by atoms with Crippen LogP contribution < -0.4 is 0 Å². The fraction of sp³-hybridized carbons (Fsp3) is 0.0656. The number of rotatable bonds is 6. The van der Waals surface area contributed by atoms with Crippen molar-refractivity contribution < 1.29 is 0 Å². The summed E-state index contributed by atoms with van der Waals surface area (Å²) in [5, 5.41) is 7.28. The molecule has 318 valence electrons. The molecular formula is C61H44N6. The molecule has 0 spiro atoms. The first kappa shape index (κ1) is 38.8. The predicted octanol–water partition coefficient (Wildman–Crippen LogP) is 15.4. The SMILES string of the molecule is Cc1ccc2c(c1)c1cc(C)ccc1n2-c1ccc(-c2ccc3c4ccc(-n5c6ccc(C)cc6c6cc(C)ccc65)cc4n(-c4nc(-c5ccccc5)nc(-c5ccccc5)n4)c3c2)cc1. The lowest BCUT2D eigenvalue weighted by Crippen LogP contribution is -2.06. The van der Waals surface area contributed by atoms with Crippen molar-refractivity contribution in [3.05, 3.63) is 216 Å². The highest BCUT2D eigenvalue weighted by Crippen LogP contribution is 2.40. The fourth-order valence-electron chi connectivity index (χ4n) is 10.3. The minimum absolute atomic E-state index is 0.558. The van der Waals surface area contributed by atoms with Crippen LogP contribution in [0.4, 0.5) is 0 Å². The minimum Gasteiger partial charge on any atom is -0.309 e. The lowest BCUT2D eigenvalue weighted by molar-refractivity contribution is 0.953. The van der Waals surface area contributed by atoms with Gasteiger partial charge in [-0.3, -0.25) is 4.57 Å². The van der Waals surface area contributed by atoms with Crippen molar-refractivity contribution in [2.45, 2.75) is 27.7 Å². The van der Waals surface area contributed by atoms with E-state index in [1.165, 1.54) is 65.9 Å². The van der Waals surface area contributed by atoms with Gasteiger partial charge in [-0.05, 0) is 118 Å². The second-order valence-corrected chi connectivity index (χ2v) is 18.1. The number of benzene rings is 9. The molecule has 0 bridgehead atoms. The molecule has 0 atom stereocenters. The van der Waals surface area contributed by atoms with Crippen molar-refractivity contribution in [2.75, 3.05) is 0 Å². The van der Waals surface area contributed by atoms with Gasteiger partial charge in [-0.1, -0.05) is 138 Å². The summed E-state index contributed by atoms with van der Waals surface area (Å²) in [4.78, 5) is 15.7. The quantitative estimate of drug-likeness (QED) is 0.167. The zero-order chi connectivity index (χ0) is 44.9. The Hall–Kier alpha value is -8.61. The Bertz CT molecular complexity index is 3940. The number of hydrogen-bond donors (Lipinski definition) is 0. The Kier molecular flexibility index (Phi) is 8.68. The molecule has 0 radical (unpaired) electrons. The van der Waals surface area contributed by atoms with E-state index < -0.39 is 0 Å². The van der Waals surface area contributed by atoms with Gasteiger partial charge in [0, 0.05) is 54.8 Å². The first-order valence-corrected chi connectivity index (χ1v) is 22.9. The largest absolute Gasteiger partial charge is 0.309 e. The lowest BCUT2D eigenvalue weighted by Gasteiger charge is -2.13. The fourth-order valence-corrected chi connectivity index (χ4v) is 10.3. The van der Waals surface area contributed by atoms with E-state index in [-0.39, 0.29) is 0 Å². The zero-order valence-electron chi connectivity index (χ0n) is 37.7. The van der Waals surface area contributed by atoms with Gasteiger partial charge in [-0.15, -0.1) is 0 Å². The molecule has 4 heterocycles. The molecule has 0 amide bonds. The number of fused-ring (bicyclic) bond motifs is 9. The van der Waals surface area contributed by atoms with Gasteiger partial charge in [-0.25, -0.2) is 4.98 Å². The van der Waals surface area contributed by atoms with E-state index in [2.05, 4.69) is 199 Å². The van der Waals surface area contributed by atoms with Crippen LogP contribution >= 0.6 is 0 Å². The molecule has 13 aromatic rings. The number of aryl methyl sites for hydroxylation is 4. The Labute approximate surface area is 387 Å². The van der Waals surface area contributed by atoms with Gasteiger partial charge in [0.15, 0.2) is 11.6 Å². The van der Waals surface area contributed by atoms with Crippen LogP contribution in [0.25, 0.3) is 117 Å². The van der Waals surface area contributed by atoms with Crippen molar-refractivity contribution in [3.8, 4) is 51.2 Å². The van der Waals surface area contributed by atoms with Crippen molar-refractivity contribution >= 4 is 65.4 Å². The van der Waals surface area contributed by atoms with Crippen LogP contribution in [0.2, 0.25) is 0 Å². The van der Waals surface area contributed by atoms with Crippen molar-refractivity contribution in [1.29, 1.82) is 0 Å². The molecule has 13 rings (SSSR count). The predicted molar refractivity (Wildman–Crippen MR) is 278 cm³/mol. The highest BCUT2D eigenvalue weighted by molar-refractivity contribution is 6.13. The van der Waals surface area contributed by atoms with Crippen LogP contribution in [-0.2, 0) is 0 Å². The van der Waals surface area contributed by atoms with Crippen molar-refractivity contribution in [2.24, 2.45) is 0 Å². The van der Waals surface area contributed by atoms with Gasteiger partial charge in [0.25, 0.3) is 0 Å². The van der Waals surface area contributed by atoms with E-state index in [0.29, 0.717) is 17.6 Å². The molecule has 0 aliphatic rings. The van der Waals surface area contributed by atoms with Crippen LogP contribution in [0.1, 0.15) is 22.3 Å². The van der Waals surface area contributed by atoms with Crippen LogP contribution in [-0.4, -0.2) is 28.7 Å². The molecular weight excluding hydrogens is 817 g/mol. The molecule has 0 saturated carbocycles. The highest BCUT2D eigenvalue weighted by Gasteiger charge is 2.21. The van der Waals surface area contributed by atoms with Gasteiger partial charge in [-0.2, -0.15) is 9.97 Å². The summed E-state index contributed by atoms with van der Waals surface area (Å²) in [5.74, 6) is 1.79. The molecule has 0 aliphatic heterocycles. The van der Waals surface area contributed by atoms with Crippen LogP contribution in [0, 0.1) is 27.7 Å². The van der Waals surface area contributed by atoms with E-state index in [9.17, 15) is 0 Å². The summed E-state index contributed by atoms with van der Waals surface area (Å²) in [6.07, 6.45) is 0. The Morgan fingerprint density at radius 3 is 1.15 bits per heavy atom. The average Bonchev–Trinajstić information content (AvgIpc) is 3.98. The van der Waals surface area contributed by atoms with Crippen LogP contribution in [0.5, 0.6) is 0 Å². The Morgan fingerprint density at radius 1 is 0.269 bits per heavy atom. The van der Waals surface area contributed by atoms with Gasteiger partial charge in [0.05, 0.1) is 33.1 Å². The highest BCUT2D eigenvalue weighted by atomic mass is 15.2. The van der Waals surface area contributed by atoms with Crippen LogP contribution in [0.15, 0.2) is 194 Å². The monoisotopic (exact) mass is 860 g/mol. The maximum Gasteiger partial charge on any atom is 0.238 e. The third-order valence-electron chi connectivity index (χ3n) is 13.5. The van der Waals surface area contributed by atoms with Gasteiger partial charge < -0.3 is 9.13 Å². The zero-order valence-corrected chi connectivity index (χ0v) is 37.7. The molecule has 0 fully saturated rings. The first-order valence-electron chi connectivity index (χ1n) is 22.9. The second kappa shape index (κ2) is 15.0. The summed E-state index contributed by atoms with van der Waals surface area (Å²) in [7, 11) is 0. The lowest BCUT2D eigenvalue weighted by atomic mass is 10.0. The molecule has 0 unspecified atom stereocenters. The summed E-state index contributed by atoms with van der Waals surface area (Å²) in [6.45, 7) is 8.67. The molecule has 6 nitrogen and oxygen atoms in total. The molecule has 0 saturated heterocycles. The Balaban J connectivity index is 1.04. The smallest absolute Gasteiger partial charge is 0.238 e. The van der Waals surface area contributed by atoms with Crippen LogP contribution in [0.3, 0.4) is 0 Å². The van der Waals surface area contributed by atoms with Crippen molar-refractivity contribution in [1.82, 2.24) is 28.7 Å². The summed E-state index contributed by atoms with van der Waals surface area (Å²) in [5.41, 5.74) is 18.0. The third kappa shape index (κ3) is 6.28. The first-order chi connectivity index (χ1) is 32.8. The average molecular weight is 861 g/mol. The summed E-state index contributed by atoms with van der Waals surface area (Å²) >= 11 is 0. The molecule has 0 aliphatic carbocycles. The maximum atomic E-state index is 5.32. The topological polar surface area (TPSA) is 53.5 Å². The number of nitrogens with zero attached hydrogens (tertiary/aromatic N) is 6. The third-order valence-corrected chi connectivity index (χ3v) is 13.5. The number of aromatic nitrogens is 6. The van der Waals surface area contributed by atoms with Gasteiger partial charge >= 0.3 is 0 Å². The molecule has 6 heteroatoms. The maximum absolute atomic E-state index is 5.32. The van der Waals surface area contributed by atoms with Crippen molar-refractivity contribution in [3.63, 3.8) is 0 Å². The van der Waals surface area contributed by atoms with E-state index in [0.717, 1.165) is 55.4 Å². The summed E-state index contributed by atoms with van der Waals surface area (Å²) < 4.78 is 7.04. The molecule has 4 aromatic heterocycles. The van der Waals surface area contributed by atoms with E-state index in [1.807, 2.05) is 36.4 Å². The molecule has 67 heavy (non-hydrogen) atoms. The van der Waals surface area contributed by atoms with E-state index >= 15 is 0 Å². The second-order valence-electron chi connectivity index (χ2n) is 18.1. The number of hydrogen-bond acceptors (Lipinski definition) is 3. The molecule has 9 aromatic carbocycles. The van der Waals surface area contributed by atoms with E-state index in [4.69, 9.17) is 15.0 Å². The van der Waals surface area contributed by atoms with Gasteiger partial charge in [0.1, 0.15) is 0 Å².